The van der Waals surface area contributed by atoms with Gasteiger partial charge in [0.25, 0.3) is 0 Å². The van der Waals surface area contributed by atoms with Gasteiger partial charge in [-0.1, -0.05) is 42.5 Å². The number of benzene rings is 2. The van der Waals surface area contributed by atoms with Crippen molar-refractivity contribution in [3.05, 3.63) is 65.7 Å². The maximum Gasteiger partial charge on any atom is 0.197 e. The Hall–Kier alpha value is -1.84. The van der Waals surface area contributed by atoms with Crippen molar-refractivity contribution in [2.24, 2.45) is 5.73 Å². The molecule has 118 valence electrons. The van der Waals surface area contributed by atoms with E-state index in [4.69, 9.17) is 15.2 Å². The zero-order chi connectivity index (χ0) is 16.2. The quantitative estimate of drug-likeness (QED) is 0.805. The van der Waals surface area contributed by atoms with Crippen LogP contribution in [0.5, 0.6) is 5.75 Å². The average Bonchev–Trinajstić information content (AvgIpc) is 2.47. The van der Waals surface area contributed by atoms with E-state index in [1.165, 1.54) is 0 Å². The Morgan fingerprint density at radius 1 is 0.909 bits per heavy atom. The number of hydrogen-bond acceptors (Lipinski definition) is 3. The van der Waals surface area contributed by atoms with E-state index in [0.29, 0.717) is 0 Å². The SMILES string of the molecule is CC(Oc1ccccc1)OC(C)c1ccccc1C(C)(C)N. The molecule has 0 aliphatic rings. The summed E-state index contributed by atoms with van der Waals surface area (Å²) >= 11 is 0. The summed E-state index contributed by atoms with van der Waals surface area (Å²) in [6.07, 6.45) is -0.441. The molecule has 0 heterocycles. The van der Waals surface area contributed by atoms with Gasteiger partial charge in [0.2, 0.25) is 0 Å². The van der Waals surface area contributed by atoms with Gasteiger partial charge < -0.3 is 15.2 Å². The zero-order valence-electron chi connectivity index (χ0n) is 13.7. The van der Waals surface area contributed by atoms with Gasteiger partial charge in [0.15, 0.2) is 6.29 Å². The van der Waals surface area contributed by atoms with E-state index in [2.05, 4.69) is 12.1 Å². The minimum atomic E-state index is -0.405. The second kappa shape index (κ2) is 6.95. The monoisotopic (exact) mass is 299 g/mol. The fraction of sp³-hybridized carbons (Fsp3) is 0.368. The molecule has 0 saturated heterocycles. The van der Waals surface area contributed by atoms with Gasteiger partial charge in [-0.05, 0) is 51.0 Å². The van der Waals surface area contributed by atoms with Gasteiger partial charge in [0.1, 0.15) is 5.75 Å². The third-order valence-electron chi connectivity index (χ3n) is 3.53. The Kier molecular flexibility index (Phi) is 5.22. The van der Waals surface area contributed by atoms with Gasteiger partial charge in [0.05, 0.1) is 6.10 Å². The molecular formula is C19H25NO2. The van der Waals surface area contributed by atoms with Crippen LogP contribution in [0.2, 0.25) is 0 Å². The van der Waals surface area contributed by atoms with E-state index in [1.54, 1.807) is 0 Å². The van der Waals surface area contributed by atoms with Crippen LogP contribution in [-0.2, 0) is 10.3 Å². The van der Waals surface area contributed by atoms with Gasteiger partial charge in [-0.15, -0.1) is 0 Å². The average molecular weight is 299 g/mol. The smallest absolute Gasteiger partial charge is 0.197 e. The van der Waals surface area contributed by atoms with Gasteiger partial charge >= 0.3 is 0 Å². The standard InChI is InChI=1S/C19H25NO2/c1-14(17-12-8-9-13-18(17)19(3,4)20)21-15(2)22-16-10-6-5-7-11-16/h5-15H,20H2,1-4H3. The van der Waals surface area contributed by atoms with Crippen LogP contribution in [0.15, 0.2) is 54.6 Å². The first kappa shape index (κ1) is 16.5. The molecule has 2 unspecified atom stereocenters. The Bertz CT molecular complexity index is 590. The van der Waals surface area contributed by atoms with Crippen molar-refractivity contribution in [1.29, 1.82) is 0 Å². The molecule has 0 fully saturated rings. The summed E-state index contributed by atoms with van der Waals surface area (Å²) < 4.78 is 11.8. The highest BCUT2D eigenvalue weighted by molar-refractivity contribution is 5.34. The molecule has 3 nitrogen and oxygen atoms in total. The lowest BCUT2D eigenvalue weighted by Crippen LogP contribution is -2.31. The lowest BCUT2D eigenvalue weighted by Gasteiger charge is -2.27. The van der Waals surface area contributed by atoms with Gasteiger partial charge in [-0.2, -0.15) is 0 Å². The molecular weight excluding hydrogens is 274 g/mol. The predicted molar refractivity (Wildman–Crippen MR) is 89.7 cm³/mol. The number of para-hydroxylation sites is 1. The first-order chi connectivity index (χ1) is 10.4. The fourth-order valence-electron chi connectivity index (χ4n) is 2.52. The van der Waals surface area contributed by atoms with E-state index in [9.17, 15) is 0 Å². The normalized spacial score (nSPS) is 14.4. The maximum atomic E-state index is 6.26. The van der Waals surface area contributed by atoms with E-state index in [1.807, 2.05) is 70.2 Å². The summed E-state index contributed by atoms with van der Waals surface area (Å²) in [6, 6.07) is 17.8. The van der Waals surface area contributed by atoms with Crippen LogP contribution in [0.3, 0.4) is 0 Å². The fourth-order valence-corrected chi connectivity index (χ4v) is 2.52. The number of rotatable bonds is 6. The molecule has 0 amide bonds. The highest BCUT2D eigenvalue weighted by Gasteiger charge is 2.22. The summed E-state index contributed by atoms with van der Waals surface area (Å²) in [5.41, 5.74) is 8.05. The Balaban J connectivity index is 2.08. The van der Waals surface area contributed by atoms with Crippen LogP contribution >= 0.6 is 0 Å². The van der Waals surface area contributed by atoms with Crippen LogP contribution in [0.25, 0.3) is 0 Å². The van der Waals surface area contributed by atoms with Crippen molar-refractivity contribution in [3.8, 4) is 5.75 Å². The highest BCUT2D eigenvalue weighted by Crippen LogP contribution is 2.29. The topological polar surface area (TPSA) is 44.5 Å². The van der Waals surface area contributed by atoms with Crippen LogP contribution in [-0.4, -0.2) is 6.29 Å². The molecule has 0 spiro atoms. The van der Waals surface area contributed by atoms with E-state index in [0.717, 1.165) is 16.9 Å². The molecule has 2 atom stereocenters. The lowest BCUT2D eigenvalue weighted by atomic mass is 9.89. The van der Waals surface area contributed by atoms with Crippen LogP contribution < -0.4 is 10.5 Å². The van der Waals surface area contributed by atoms with E-state index in [-0.39, 0.29) is 12.4 Å². The first-order valence-electron chi connectivity index (χ1n) is 7.63. The molecule has 0 aromatic heterocycles. The molecule has 0 aliphatic carbocycles. The lowest BCUT2D eigenvalue weighted by molar-refractivity contribution is -0.103. The number of ether oxygens (including phenoxy) is 2. The molecule has 2 rings (SSSR count). The van der Waals surface area contributed by atoms with Crippen molar-refractivity contribution in [1.82, 2.24) is 0 Å². The molecule has 2 aromatic carbocycles. The second-order valence-corrected chi connectivity index (χ2v) is 6.09. The Morgan fingerprint density at radius 3 is 2.14 bits per heavy atom. The van der Waals surface area contributed by atoms with E-state index < -0.39 is 5.54 Å². The molecule has 2 aromatic rings. The molecule has 0 radical (unpaired) electrons. The maximum absolute atomic E-state index is 6.26. The molecule has 0 bridgehead atoms. The summed E-state index contributed by atoms with van der Waals surface area (Å²) in [7, 11) is 0. The largest absolute Gasteiger partial charge is 0.465 e. The summed E-state index contributed by atoms with van der Waals surface area (Å²) in [6.45, 7) is 7.93. The molecule has 2 N–H and O–H groups in total. The zero-order valence-corrected chi connectivity index (χ0v) is 13.7. The van der Waals surface area contributed by atoms with E-state index >= 15 is 0 Å². The van der Waals surface area contributed by atoms with Crippen LogP contribution in [0.4, 0.5) is 0 Å². The Labute approximate surface area is 133 Å². The summed E-state index contributed by atoms with van der Waals surface area (Å²) in [4.78, 5) is 0. The van der Waals surface area contributed by atoms with Gasteiger partial charge in [-0.25, -0.2) is 0 Å². The molecule has 3 heteroatoms. The van der Waals surface area contributed by atoms with Crippen LogP contribution in [0, 0.1) is 0 Å². The minimum absolute atomic E-state index is 0.0993. The number of hydrogen-bond donors (Lipinski definition) is 1. The first-order valence-corrected chi connectivity index (χ1v) is 7.63. The summed E-state index contributed by atoms with van der Waals surface area (Å²) in [5, 5.41) is 0. The Morgan fingerprint density at radius 2 is 1.50 bits per heavy atom. The summed E-state index contributed by atoms with van der Waals surface area (Å²) in [5.74, 6) is 0.801. The van der Waals surface area contributed by atoms with Crippen molar-refractivity contribution in [2.75, 3.05) is 0 Å². The molecule has 22 heavy (non-hydrogen) atoms. The number of nitrogens with two attached hydrogens (primary N) is 1. The van der Waals surface area contributed by atoms with Crippen LogP contribution in [0.1, 0.15) is 44.9 Å². The molecule has 0 aliphatic heterocycles. The predicted octanol–water partition coefficient (Wildman–Crippen LogP) is 4.38. The second-order valence-electron chi connectivity index (χ2n) is 6.09. The van der Waals surface area contributed by atoms with Crippen molar-refractivity contribution < 1.29 is 9.47 Å². The highest BCUT2D eigenvalue weighted by atomic mass is 16.7. The molecule has 0 saturated carbocycles. The third-order valence-corrected chi connectivity index (χ3v) is 3.53. The van der Waals surface area contributed by atoms with Gasteiger partial charge in [-0.3, -0.25) is 0 Å². The van der Waals surface area contributed by atoms with Gasteiger partial charge in [0, 0.05) is 5.54 Å². The third kappa shape index (κ3) is 4.33. The van der Waals surface area contributed by atoms with Crippen molar-refractivity contribution in [3.63, 3.8) is 0 Å². The van der Waals surface area contributed by atoms with Crippen molar-refractivity contribution >= 4 is 0 Å². The van der Waals surface area contributed by atoms with Crippen molar-refractivity contribution in [2.45, 2.75) is 45.6 Å². The minimum Gasteiger partial charge on any atom is -0.465 e.